The molecule has 154 valence electrons. The molecule has 2 aliphatic heterocycles. The van der Waals surface area contributed by atoms with Gasteiger partial charge in [0.15, 0.2) is 11.6 Å². The van der Waals surface area contributed by atoms with Crippen molar-refractivity contribution in [3.63, 3.8) is 0 Å². The Morgan fingerprint density at radius 2 is 1.76 bits per heavy atom. The summed E-state index contributed by atoms with van der Waals surface area (Å²) in [6.45, 7) is 0.490. The van der Waals surface area contributed by atoms with Crippen molar-refractivity contribution in [3.8, 4) is 0 Å². The van der Waals surface area contributed by atoms with E-state index in [0.717, 1.165) is 10.6 Å². The van der Waals surface area contributed by atoms with Crippen molar-refractivity contribution in [2.24, 2.45) is 0 Å². The van der Waals surface area contributed by atoms with Crippen molar-refractivity contribution in [2.75, 3.05) is 6.54 Å². The van der Waals surface area contributed by atoms with Crippen LogP contribution in [-0.4, -0.2) is 62.7 Å². The number of hydroxylamine groups is 2. The largest absolute Gasteiger partial charge is 0.373 e. The lowest BCUT2D eigenvalue weighted by atomic mass is 9.88. The highest BCUT2D eigenvalue weighted by Gasteiger charge is 2.58. The average Bonchev–Trinajstić information content (AvgIpc) is 3.42. The maximum Gasteiger partial charge on any atom is 0.248 e. The van der Waals surface area contributed by atoms with E-state index in [1.54, 1.807) is 0 Å². The number of likely N-dealkylation sites (tertiary alicyclic amines) is 1. The summed E-state index contributed by atoms with van der Waals surface area (Å²) in [5.41, 5.74) is -1.25. The van der Waals surface area contributed by atoms with E-state index < -0.39 is 29.3 Å². The third kappa shape index (κ3) is 3.36. The number of hydrogen-bond acceptors (Lipinski definition) is 6. The van der Waals surface area contributed by atoms with Crippen LogP contribution in [0.2, 0.25) is 0 Å². The van der Waals surface area contributed by atoms with Crippen LogP contribution in [0.4, 0.5) is 0 Å². The van der Waals surface area contributed by atoms with Crippen LogP contribution in [0.5, 0.6) is 0 Å². The molecule has 1 aliphatic carbocycles. The quantitative estimate of drug-likeness (QED) is 0.732. The molecule has 2 saturated heterocycles. The molecule has 29 heavy (non-hydrogen) atoms. The fourth-order valence-electron chi connectivity index (χ4n) is 4.56. The molecule has 1 aromatic rings. The van der Waals surface area contributed by atoms with E-state index in [1.807, 2.05) is 30.3 Å². The van der Waals surface area contributed by atoms with Crippen molar-refractivity contribution in [3.05, 3.63) is 35.9 Å². The van der Waals surface area contributed by atoms with Crippen molar-refractivity contribution < 1.29 is 29.1 Å². The van der Waals surface area contributed by atoms with E-state index in [0.29, 0.717) is 25.8 Å². The number of carbonyl (C=O) groups excluding carboxylic acids is 4. The molecular formula is C21H24N2O6. The van der Waals surface area contributed by atoms with Gasteiger partial charge in [-0.3, -0.25) is 24.0 Å². The highest BCUT2D eigenvalue weighted by molar-refractivity contribution is 6.16. The molecule has 1 aromatic carbocycles. The van der Waals surface area contributed by atoms with Gasteiger partial charge in [-0.1, -0.05) is 30.3 Å². The Balaban J connectivity index is 1.50. The molecule has 8 heteroatoms. The molecule has 0 radical (unpaired) electrons. The molecule has 3 aliphatic rings. The number of ketones is 2. The minimum Gasteiger partial charge on any atom is -0.373 e. The van der Waals surface area contributed by atoms with Crippen LogP contribution < -0.4 is 0 Å². The molecule has 2 heterocycles. The first-order valence-electron chi connectivity index (χ1n) is 10.0. The maximum atomic E-state index is 13.3. The van der Waals surface area contributed by atoms with Gasteiger partial charge in [-0.15, -0.1) is 0 Å². The zero-order chi connectivity index (χ0) is 20.6. The van der Waals surface area contributed by atoms with E-state index in [-0.39, 0.29) is 37.7 Å². The Morgan fingerprint density at radius 1 is 1.07 bits per heavy atom. The summed E-state index contributed by atoms with van der Waals surface area (Å²) in [5.74, 6) is -1.70. The molecule has 0 aromatic heterocycles. The predicted molar refractivity (Wildman–Crippen MR) is 100 cm³/mol. The van der Waals surface area contributed by atoms with Crippen molar-refractivity contribution >= 4 is 23.4 Å². The predicted octanol–water partition coefficient (Wildman–Crippen LogP) is 0.763. The highest BCUT2D eigenvalue weighted by Crippen LogP contribution is 2.36. The SMILES string of the molecule is O=C([C@@H]1CCC(=O)N1OCc1ccccc1)N1CCC[C@H]1C1(O)C(=O)CCC1=O. The average molecular weight is 400 g/mol. The summed E-state index contributed by atoms with van der Waals surface area (Å²) in [6.07, 6.45) is 1.46. The highest BCUT2D eigenvalue weighted by atomic mass is 16.7. The first kappa shape index (κ1) is 19.7. The molecule has 3 fully saturated rings. The first-order chi connectivity index (χ1) is 13.9. The second kappa shape index (κ2) is 7.68. The number of amides is 2. The van der Waals surface area contributed by atoms with E-state index in [4.69, 9.17) is 4.84 Å². The van der Waals surface area contributed by atoms with Crippen LogP contribution >= 0.6 is 0 Å². The van der Waals surface area contributed by atoms with Gasteiger partial charge in [0.2, 0.25) is 17.4 Å². The minimum absolute atomic E-state index is 0.00207. The van der Waals surface area contributed by atoms with Crippen molar-refractivity contribution in [1.29, 1.82) is 0 Å². The van der Waals surface area contributed by atoms with Crippen LogP contribution in [0.15, 0.2) is 30.3 Å². The molecule has 0 spiro atoms. The Bertz CT molecular complexity index is 823. The molecule has 4 rings (SSSR count). The molecule has 2 amide bonds. The summed E-state index contributed by atoms with van der Waals surface area (Å²) in [7, 11) is 0. The Labute approximate surface area is 168 Å². The molecule has 1 N–H and O–H groups in total. The topological polar surface area (TPSA) is 104 Å². The van der Waals surface area contributed by atoms with Crippen LogP contribution in [0, 0.1) is 0 Å². The Hall–Kier alpha value is -2.58. The van der Waals surface area contributed by atoms with E-state index in [2.05, 4.69) is 0 Å². The fraction of sp³-hybridized carbons (Fsp3) is 0.524. The lowest BCUT2D eigenvalue weighted by Crippen LogP contribution is -2.60. The summed E-state index contributed by atoms with van der Waals surface area (Å²) < 4.78 is 0. The zero-order valence-corrected chi connectivity index (χ0v) is 16.1. The summed E-state index contributed by atoms with van der Waals surface area (Å²) in [4.78, 5) is 57.1. The maximum absolute atomic E-state index is 13.3. The van der Waals surface area contributed by atoms with Crippen LogP contribution in [0.1, 0.15) is 44.1 Å². The van der Waals surface area contributed by atoms with E-state index in [9.17, 15) is 24.3 Å². The molecule has 0 bridgehead atoms. The summed E-state index contributed by atoms with van der Waals surface area (Å²) in [5, 5.41) is 12.0. The van der Waals surface area contributed by atoms with Crippen LogP contribution in [0.3, 0.4) is 0 Å². The number of Topliss-reactive ketones (excluding diaryl/α,β-unsaturated/α-hetero) is 2. The standard InChI is InChI=1S/C21H24N2O6/c24-17-9-10-18(25)21(17,28)16-7-4-12-22(16)20(27)15-8-11-19(26)23(15)29-13-14-5-2-1-3-6-14/h1-3,5-6,15-16,28H,4,7-13H2/t15-,16-/m0/s1. The first-order valence-corrected chi connectivity index (χ1v) is 10.0. The molecule has 8 nitrogen and oxygen atoms in total. The molecule has 1 saturated carbocycles. The van der Waals surface area contributed by atoms with Gasteiger partial charge in [-0.25, -0.2) is 5.06 Å². The number of hydrogen-bond donors (Lipinski definition) is 1. The summed E-state index contributed by atoms with van der Waals surface area (Å²) >= 11 is 0. The normalized spacial score (nSPS) is 26.6. The minimum atomic E-state index is -2.12. The number of benzene rings is 1. The number of aliphatic hydroxyl groups is 1. The van der Waals surface area contributed by atoms with Crippen LogP contribution in [0.25, 0.3) is 0 Å². The number of nitrogens with zero attached hydrogens (tertiary/aromatic N) is 2. The van der Waals surface area contributed by atoms with E-state index >= 15 is 0 Å². The number of rotatable bonds is 5. The van der Waals surface area contributed by atoms with Gasteiger partial charge in [0.1, 0.15) is 12.6 Å². The molecule has 2 atom stereocenters. The fourth-order valence-corrected chi connectivity index (χ4v) is 4.56. The Morgan fingerprint density at radius 3 is 2.45 bits per heavy atom. The number of carbonyl (C=O) groups is 4. The third-order valence-electron chi connectivity index (χ3n) is 6.11. The molecular weight excluding hydrogens is 376 g/mol. The van der Waals surface area contributed by atoms with Gasteiger partial charge >= 0.3 is 0 Å². The smallest absolute Gasteiger partial charge is 0.248 e. The van der Waals surface area contributed by atoms with E-state index in [1.165, 1.54) is 4.90 Å². The second-order valence-corrected chi connectivity index (χ2v) is 7.84. The third-order valence-corrected chi connectivity index (χ3v) is 6.11. The van der Waals surface area contributed by atoms with Gasteiger partial charge in [0.05, 0.1) is 6.04 Å². The zero-order valence-electron chi connectivity index (χ0n) is 16.1. The van der Waals surface area contributed by atoms with Crippen molar-refractivity contribution in [2.45, 2.75) is 62.8 Å². The van der Waals surface area contributed by atoms with Gasteiger partial charge in [0.25, 0.3) is 0 Å². The van der Waals surface area contributed by atoms with Gasteiger partial charge in [0, 0.05) is 25.8 Å². The second-order valence-electron chi connectivity index (χ2n) is 7.84. The lowest BCUT2D eigenvalue weighted by molar-refractivity contribution is -0.200. The van der Waals surface area contributed by atoms with Gasteiger partial charge in [-0.05, 0) is 24.8 Å². The van der Waals surface area contributed by atoms with Crippen molar-refractivity contribution in [1.82, 2.24) is 9.96 Å². The Kier molecular flexibility index (Phi) is 5.23. The summed E-state index contributed by atoms with van der Waals surface area (Å²) in [6, 6.07) is 7.63. The van der Waals surface area contributed by atoms with Gasteiger partial charge in [-0.2, -0.15) is 0 Å². The lowest BCUT2D eigenvalue weighted by Gasteiger charge is -2.36. The monoisotopic (exact) mass is 400 g/mol. The van der Waals surface area contributed by atoms with Gasteiger partial charge < -0.3 is 10.0 Å². The van der Waals surface area contributed by atoms with Crippen LogP contribution in [-0.2, 0) is 30.6 Å². The molecule has 0 unspecified atom stereocenters.